The summed E-state index contributed by atoms with van der Waals surface area (Å²) in [6, 6.07) is 21.1. The average molecular weight is 439 g/mol. The van der Waals surface area contributed by atoms with Crippen molar-refractivity contribution in [3.63, 3.8) is 0 Å². The van der Waals surface area contributed by atoms with Crippen LogP contribution in [0.15, 0.2) is 83.7 Å². The Morgan fingerprint density at radius 2 is 1.70 bits per heavy atom. The number of carbonyl (C=O) groups excluding carboxylic acids is 1. The largest absolute Gasteiger partial charge is 0.480 e. The number of nitrogens with one attached hydrogen (secondary N) is 1. The zero-order valence-electron chi connectivity index (χ0n) is 17.9. The minimum Gasteiger partial charge on any atom is -0.480 e. The van der Waals surface area contributed by atoms with Crippen LogP contribution in [0.5, 0.6) is 0 Å². The van der Waals surface area contributed by atoms with E-state index in [0.29, 0.717) is 33.7 Å². The van der Waals surface area contributed by atoms with Gasteiger partial charge in [0.05, 0.1) is 16.6 Å². The van der Waals surface area contributed by atoms with Crippen molar-refractivity contribution in [1.82, 2.24) is 9.55 Å². The maximum absolute atomic E-state index is 13.3. The zero-order valence-corrected chi connectivity index (χ0v) is 17.9. The second kappa shape index (κ2) is 9.32. The standard InChI is InChI=1S/C26H21N3O4/c1-17-6-12-20(13-7-17)29-24(28-22-5-3-2-4-21(22)26(29)33)15-14-23(30)18-8-10-19(11-9-18)27-16-25(31)32/h2-15,27H,16H2,1H3,(H,31,32)/b15-14+. The third-order valence-corrected chi connectivity index (χ3v) is 5.09. The Hall–Kier alpha value is -4.52. The number of benzene rings is 3. The Bertz CT molecular complexity index is 1420. The molecule has 164 valence electrons. The molecule has 0 atom stereocenters. The highest BCUT2D eigenvalue weighted by molar-refractivity contribution is 6.06. The molecule has 2 N–H and O–H groups in total. The molecule has 0 unspecified atom stereocenters. The van der Waals surface area contributed by atoms with E-state index in [1.807, 2.05) is 37.3 Å². The number of aryl methyl sites for hydroxylation is 1. The van der Waals surface area contributed by atoms with Crippen molar-refractivity contribution in [2.45, 2.75) is 6.92 Å². The van der Waals surface area contributed by atoms with Crippen molar-refractivity contribution in [3.8, 4) is 5.69 Å². The second-order valence-electron chi connectivity index (χ2n) is 7.49. The summed E-state index contributed by atoms with van der Waals surface area (Å²) in [5.74, 6) is -0.895. The van der Waals surface area contributed by atoms with Gasteiger partial charge in [0.25, 0.3) is 5.56 Å². The lowest BCUT2D eigenvalue weighted by Gasteiger charge is -2.11. The molecule has 4 aromatic rings. The highest BCUT2D eigenvalue weighted by Crippen LogP contribution is 2.16. The third-order valence-electron chi connectivity index (χ3n) is 5.09. The van der Waals surface area contributed by atoms with Crippen LogP contribution in [0.25, 0.3) is 22.7 Å². The van der Waals surface area contributed by atoms with E-state index in [9.17, 15) is 14.4 Å². The number of carboxylic acid groups (broad SMARTS) is 1. The molecule has 1 heterocycles. The molecule has 0 aliphatic carbocycles. The lowest BCUT2D eigenvalue weighted by atomic mass is 10.1. The number of carboxylic acids is 1. The number of para-hydroxylation sites is 1. The predicted molar refractivity (Wildman–Crippen MR) is 128 cm³/mol. The molecule has 0 spiro atoms. The highest BCUT2D eigenvalue weighted by atomic mass is 16.4. The van der Waals surface area contributed by atoms with E-state index in [-0.39, 0.29) is 17.9 Å². The molecule has 0 aliphatic heterocycles. The number of aliphatic carboxylic acids is 1. The summed E-state index contributed by atoms with van der Waals surface area (Å²) in [4.78, 5) is 41.2. The van der Waals surface area contributed by atoms with Crippen LogP contribution in [0.3, 0.4) is 0 Å². The number of carbonyl (C=O) groups is 2. The topological polar surface area (TPSA) is 101 Å². The molecule has 3 aromatic carbocycles. The highest BCUT2D eigenvalue weighted by Gasteiger charge is 2.12. The van der Waals surface area contributed by atoms with Gasteiger partial charge in [0, 0.05) is 11.3 Å². The van der Waals surface area contributed by atoms with Gasteiger partial charge in [-0.3, -0.25) is 19.0 Å². The molecule has 0 amide bonds. The number of anilines is 1. The van der Waals surface area contributed by atoms with Crippen molar-refractivity contribution in [3.05, 3.63) is 106 Å². The molecule has 0 fully saturated rings. The maximum Gasteiger partial charge on any atom is 0.322 e. The predicted octanol–water partition coefficient (Wildman–Crippen LogP) is 4.09. The molecular formula is C26H21N3O4. The Morgan fingerprint density at radius 3 is 2.39 bits per heavy atom. The molecule has 4 rings (SSSR count). The van der Waals surface area contributed by atoms with Crippen LogP contribution in [-0.4, -0.2) is 33.0 Å². The molecule has 7 nitrogen and oxygen atoms in total. The van der Waals surface area contributed by atoms with Crippen LogP contribution in [0.4, 0.5) is 5.69 Å². The van der Waals surface area contributed by atoms with Gasteiger partial charge in [0.2, 0.25) is 0 Å². The van der Waals surface area contributed by atoms with Gasteiger partial charge >= 0.3 is 5.97 Å². The monoisotopic (exact) mass is 439 g/mol. The van der Waals surface area contributed by atoms with Crippen LogP contribution in [0.1, 0.15) is 21.7 Å². The first kappa shape index (κ1) is 21.7. The molecule has 0 bridgehead atoms. The van der Waals surface area contributed by atoms with Crippen LogP contribution >= 0.6 is 0 Å². The van der Waals surface area contributed by atoms with Crippen LogP contribution in [-0.2, 0) is 4.79 Å². The van der Waals surface area contributed by atoms with Gasteiger partial charge in [-0.05, 0) is 67.6 Å². The smallest absolute Gasteiger partial charge is 0.322 e. The average Bonchev–Trinajstić information content (AvgIpc) is 2.82. The van der Waals surface area contributed by atoms with Crippen molar-refractivity contribution in [1.29, 1.82) is 0 Å². The van der Waals surface area contributed by atoms with Gasteiger partial charge in [-0.1, -0.05) is 29.8 Å². The number of allylic oxidation sites excluding steroid dienone is 1. The Balaban J connectivity index is 1.69. The van der Waals surface area contributed by atoms with E-state index in [4.69, 9.17) is 5.11 Å². The minimum absolute atomic E-state index is 0.211. The summed E-state index contributed by atoms with van der Waals surface area (Å²) in [5, 5.41) is 12.0. The Labute approximate surface area is 189 Å². The van der Waals surface area contributed by atoms with E-state index in [1.54, 1.807) is 42.5 Å². The summed E-state index contributed by atoms with van der Waals surface area (Å²) in [7, 11) is 0. The van der Waals surface area contributed by atoms with Gasteiger partial charge < -0.3 is 10.4 Å². The quantitative estimate of drug-likeness (QED) is 0.332. The van der Waals surface area contributed by atoms with E-state index in [1.165, 1.54) is 16.7 Å². The van der Waals surface area contributed by atoms with E-state index in [2.05, 4.69) is 10.3 Å². The molecule has 0 saturated carbocycles. The molecule has 0 saturated heterocycles. The number of hydrogen-bond donors (Lipinski definition) is 2. The first-order valence-electron chi connectivity index (χ1n) is 10.3. The first-order chi connectivity index (χ1) is 15.9. The lowest BCUT2D eigenvalue weighted by Crippen LogP contribution is -2.22. The van der Waals surface area contributed by atoms with E-state index < -0.39 is 5.97 Å². The SMILES string of the molecule is Cc1ccc(-n2c(/C=C/C(=O)c3ccc(NCC(=O)O)cc3)nc3ccccc3c2=O)cc1. The van der Waals surface area contributed by atoms with Crippen molar-refractivity contribution >= 4 is 34.4 Å². The lowest BCUT2D eigenvalue weighted by molar-refractivity contribution is -0.134. The van der Waals surface area contributed by atoms with Crippen molar-refractivity contribution < 1.29 is 14.7 Å². The number of ketones is 1. The molecule has 0 radical (unpaired) electrons. The first-order valence-corrected chi connectivity index (χ1v) is 10.3. The molecule has 0 aliphatic rings. The number of aromatic nitrogens is 2. The molecule has 33 heavy (non-hydrogen) atoms. The fourth-order valence-corrected chi connectivity index (χ4v) is 3.38. The van der Waals surface area contributed by atoms with Gasteiger partial charge in [0.1, 0.15) is 12.4 Å². The van der Waals surface area contributed by atoms with Gasteiger partial charge in [-0.15, -0.1) is 0 Å². The summed E-state index contributed by atoms with van der Waals surface area (Å²) < 4.78 is 1.49. The molecule has 7 heteroatoms. The van der Waals surface area contributed by atoms with Crippen molar-refractivity contribution in [2.75, 3.05) is 11.9 Å². The summed E-state index contributed by atoms with van der Waals surface area (Å²) >= 11 is 0. The van der Waals surface area contributed by atoms with Crippen LogP contribution in [0.2, 0.25) is 0 Å². The third kappa shape index (κ3) is 4.88. The van der Waals surface area contributed by atoms with Gasteiger partial charge in [-0.25, -0.2) is 4.98 Å². The van der Waals surface area contributed by atoms with Gasteiger partial charge in [0.15, 0.2) is 5.78 Å². The number of nitrogens with zero attached hydrogens (tertiary/aromatic N) is 2. The Kier molecular flexibility index (Phi) is 6.13. The summed E-state index contributed by atoms with van der Waals surface area (Å²) in [5.41, 5.74) is 3.08. The van der Waals surface area contributed by atoms with E-state index >= 15 is 0 Å². The zero-order chi connectivity index (χ0) is 23.4. The van der Waals surface area contributed by atoms with Gasteiger partial charge in [-0.2, -0.15) is 0 Å². The minimum atomic E-state index is -0.972. The van der Waals surface area contributed by atoms with Crippen LogP contribution < -0.4 is 10.9 Å². The summed E-state index contributed by atoms with van der Waals surface area (Å²) in [6.45, 7) is 1.75. The van der Waals surface area contributed by atoms with Crippen molar-refractivity contribution in [2.24, 2.45) is 0 Å². The summed E-state index contributed by atoms with van der Waals surface area (Å²) in [6.07, 6.45) is 2.91. The van der Waals surface area contributed by atoms with Crippen LogP contribution in [0, 0.1) is 6.92 Å². The van der Waals surface area contributed by atoms with E-state index in [0.717, 1.165) is 5.56 Å². The fraction of sp³-hybridized carbons (Fsp3) is 0.0769. The molecule has 1 aromatic heterocycles. The number of fused-ring (bicyclic) bond motifs is 1. The fourth-order valence-electron chi connectivity index (χ4n) is 3.38. The Morgan fingerprint density at radius 1 is 1.00 bits per heavy atom. The number of rotatable bonds is 7. The molecular weight excluding hydrogens is 418 g/mol. The normalized spacial score (nSPS) is 11.1. The maximum atomic E-state index is 13.3. The second-order valence-corrected chi connectivity index (χ2v) is 7.49. The number of hydrogen-bond acceptors (Lipinski definition) is 5.